The van der Waals surface area contributed by atoms with Gasteiger partial charge >= 0.3 is 0 Å². The summed E-state index contributed by atoms with van der Waals surface area (Å²) >= 11 is 0. The predicted octanol–water partition coefficient (Wildman–Crippen LogP) is 1.52. The van der Waals surface area contributed by atoms with Gasteiger partial charge in [-0.1, -0.05) is 0 Å². The van der Waals surface area contributed by atoms with Gasteiger partial charge in [-0.3, -0.25) is 5.10 Å². The largest absolute Gasteiger partial charge is 0.302 e. The molecule has 0 atom stereocenters. The van der Waals surface area contributed by atoms with Crippen molar-refractivity contribution in [3.8, 4) is 0 Å². The molecule has 1 fully saturated rings. The summed E-state index contributed by atoms with van der Waals surface area (Å²) in [7, 11) is 0. The van der Waals surface area contributed by atoms with E-state index in [1.54, 1.807) is 0 Å². The molecule has 2 aliphatic rings. The first kappa shape index (κ1) is 8.21. The van der Waals surface area contributed by atoms with Crippen LogP contribution in [0.5, 0.6) is 0 Å². The second-order valence-electron chi connectivity index (χ2n) is 4.51. The molecule has 1 heterocycles. The normalized spacial score (nSPS) is 22.9. The van der Waals surface area contributed by atoms with E-state index in [0.717, 1.165) is 37.7 Å². The molecule has 2 aliphatic carbocycles. The molecule has 1 aromatic heterocycles. The lowest BCUT2D eigenvalue weighted by Crippen LogP contribution is -2.13. The summed E-state index contributed by atoms with van der Waals surface area (Å²) in [6.07, 6.45) is 7.80. The van der Waals surface area contributed by atoms with Crippen LogP contribution < -0.4 is 0 Å². The zero-order chi connectivity index (χ0) is 9.60. The molecule has 1 saturated carbocycles. The minimum Gasteiger partial charge on any atom is -0.302 e. The third-order valence-corrected chi connectivity index (χ3v) is 3.54. The number of fused-ring (bicyclic) bond motifs is 1. The highest BCUT2D eigenvalue weighted by molar-refractivity contribution is 5.73. The first-order chi connectivity index (χ1) is 6.86. The van der Waals surface area contributed by atoms with Crippen LogP contribution in [0.15, 0.2) is 0 Å². The standard InChI is InChI=1S/C11H14N2O/c14-7-11(5-6-11)10-8-3-1-2-4-9(8)12-13-10/h7H,1-6H2,(H,12,13). The van der Waals surface area contributed by atoms with E-state index in [1.807, 2.05) is 0 Å². The number of rotatable bonds is 2. The number of H-pyrrole nitrogens is 1. The van der Waals surface area contributed by atoms with Crippen LogP contribution in [-0.4, -0.2) is 16.5 Å². The molecule has 0 saturated heterocycles. The number of carbonyl (C=O) groups is 1. The summed E-state index contributed by atoms with van der Waals surface area (Å²) < 4.78 is 0. The number of carbonyl (C=O) groups excluding carboxylic acids is 1. The van der Waals surface area contributed by atoms with Crippen molar-refractivity contribution in [2.45, 2.75) is 43.9 Å². The average Bonchev–Trinajstić information content (AvgIpc) is 2.91. The number of nitrogens with zero attached hydrogens (tertiary/aromatic N) is 1. The molecule has 0 aliphatic heterocycles. The Hall–Kier alpha value is -1.12. The van der Waals surface area contributed by atoms with Gasteiger partial charge in [0.25, 0.3) is 0 Å². The number of hydrogen-bond acceptors (Lipinski definition) is 2. The number of aryl methyl sites for hydroxylation is 1. The number of nitrogens with one attached hydrogen (secondary N) is 1. The van der Waals surface area contributed by atoms with Crippen molar-refractivity contribution in [2.24, 2.45) is 0 Å². The summed E-state index contributed by atoms with van der Waals surface area (Å²) in [5, 5.41) is 7.44. The van der Waals surface area contributed by atoms with Crippen molar-refractivity contribution >= 4 is 6.29 Å². The molecule has 3 rings (SSSR count). The summed E-state index contributed by atoms with van der Waals surface area (Å²) in [6, 6.07) is 0. The van der Waals surface area contributed by atoms with Crippen LogP contribution in [0.4, 0.5) is 0 Å². The van der Waals surface area contributed by atoms with Crippen LogP contribution in [0.1, 0.15) is 42.6 Å². The van der Waals surface area contributed by atoms with E-state index in [2.05, 4.69) is 10.2 Å². The number of aromatic amines is 1. The van der Waals surface area contributed by atoms with Gasteiger partial charge in [-0.2, -0.15) is 5.10 Å². The first-order valence-electron chi connectivity index (χ1n) is 5.39. The maximum absolute atomic E-state index is 11.0. The van der Waals surface area contributed by atoms with Crippen molar-refractivity contribution in [3.05, 3.63) is 17.0 Å². The Balaban J connectivity index is 2.06. The molecule has 3 heteroatoms. The van der Waals surface area contributed by atoms with Gasteiger partial charge in [0.15, 0.2) is 0 Å². The monoisotopic (exact) mass is 190 g/mol. The third kappa shape index (κ3) is 0.982. The summed E-state index contributed by atoms with van der Waals surface area (Å²) in [5.74, 6) is 0. The van der Waals surface area contributed by atoms with Crippen molar-refractivity contribution in [1.29, 1.82) is 0 Å². The highest BCUT2D eigenvalue weighted by atomic mass is 16.1. The Morgan fingerprint density at radius 2 is 2.07 bits per heavy atom. The van der Waals surface area contributed by atoms with Crippen LogP contribution in [0.25, 0.3) is 0 Å². The molecular formula is C11H14N2O. The van der Waals surface area contributed by atoms with E-state index in [-0.39, 0.29) is 5.41 Å². The van der Waals surface area contributed by atoms with E-state index >= 15 is 0 Å². The molecule has 0 radical (unpaired) electrons. The van der Waals surface area contributed by atoms with Gasteiger partial charge in [-0.25, -0.2) is 0 Å². The van der Waals surface area contributed by atoms with E-state index < -0.39 is 0 Å². The fourth-order valence-corrected chi connectivity index (χ4v) is 2.44. The maximum atomic E-state index is 11.0. The van der Waals surface area contributed by atoms with Gasteiger partial charge in [0.2, 0.25) is 0 Å². The fraction of sp³-hybridized carbons (Fsp3) is 0.636. The van der Waals surface area contributed by atoms with Crippen LogP contribution in [0.3, 0.4) is 0 Å². The van der Waals surface area contributed by atoms with Crippen LogP contribution in [-0.2, 0) is 23.1 Å². The lowest BCUT2D eigenvalue weighted by molar-refractivity contribution is -0.110. The molecule has 0 bridgehead atoms. The van der Waals surface area contributed by atoms with Gasteiger partial charge in [-0.05, 0) is 44.1 Å². The Labute approximate surface area is 82.9 Å². The maximum Gasteiger partial charge on any atom is 0.132 e. The highest BCUT2D eigenvalue weighted by Gasteiger charge is 2.48. The molecule has 14 heavy (non-hydrogen) atoms. The molecular weight excluding hydrogens is 176 g/mol. The molecule has 0 amide bonds. The summed E-state index contributed by atoms with van der Waals surface area (Å²) in [6.45, 7) is 0. The van der Waals surface area contributed by atoms with Gasteiger partial charge in [0, 0.05) is 5.69 Å². The van der Waals surface area contributed by atoms with Gasteiger partial charge < -0.3 is 4.79 Å². The fourth-order valence-electron chi connectivity index (χ4n) is 2.44. The second kappa shape index (κ2) is 2.69. The van der Waals surface area contributed by atoms with Crippen molar-refractivity contribution in [1.82, 2.24) is 10.2 Å². The Morgan fingerprint density at radius 1 is 1.29 bits per heavy atom. The Kier molecular flexibility index (Phi) is 1.58. The molecule has 1 N–H and O–H groups in total. The minimum absolute atomic E-state index is 0.193. The van der Waals surface area contributed by atoms with Crippen LogP contribution in [0, 0.1) is 0 Å². The van der Waals surface area contributed by atoms with Crippen LogP contribution >= 0.6 is 0 Å². The lowest BCUT2D eigenvalue weighted by atomic mass is 9.90. The molecule has 74 valence electrons. The second-order valence-corrected chi connectivity index (χ2v) is 4.51. The molecule has 0 unspecified atom stereocenters. The van der Waals surface area contributed by atoms with Crippen molar-refractivity contribution in [3.63, 3.8) is 0 Å². The number of aldehydes is 1. The smallest absolute Gasteiger partial charge is 0.132 e. The van der Waals surface area contributed by atoms with Gasteiger partial charge in [0.05, 0.1) is 11.1 Å². The topological polar surface area (TPSA) is 45.8 Å². The SMILES string of the molecule is O=CC1(c2n[nH]c3c2CCCC3)CC1. The quantitative estimate of drug-likeness (QED) is 0.719. The number of aromatic nitrogens is 2. The predicted molar refractivity (Wildman–Crippen MR) is 52.2 cm³/mol. The first-order valence-corrected chi connectivity index (χ1v) is 5.39. The number of hydrogen-bond donors (Lipinski definition) is 1. The van der Waals surface area contributed by atoms with Gasteiger partial charge in [0.1, 0.15) is 6.29 Å². The summed E-state index contributed by atoms with van der Waals surface area (Å²) in [4.78, 5) is 11.0. The van der Waals surface area contributed by atoms with E-state index in [1.165, 1.54) is 24.1 Å². The lowest BCUT2D eigenvalue weighted by Gasteiger charge is -2.13. The molecule has 3 nitrogen and oxygen atoms in total. The minimum atomic E-state index is -0.193. The Morgan fingerprint density at radius 3 is 2.79 bits per heavy atom. The third-order valence-electron chi connectivity index (χ3n) is 3.54. The Bertz CT molecular complexity index is 377. The van der Waals surface area contributed by atoms with Crippen molar-refractivity contribution in [2.75, 3.05) is 0 Å². The average molecular weight is 190 g/mol. The zero-order valence-electron chi connectivity index (χ0n) is 8.18. The van der Waals surface area contributed by atoms with Gasteiger partial charge in [-0.15, -0.1) is 0 Å². The molecule has 0 aromatic carbocycles. The van der Waals surface area contributed by atoms with Crippen molar-refractivity contribution < 1.29 is 4.79 Å². The summed E-state index contributed by atoms with van der Waals surface area (Å²) in [5.41, 5.74) is 3.49. The van der Waals surface area contributed by atoms with E-state index in [9.17, 15) is 4.79 Å². The zero-order valence-corrected chi connectivity index (χ0v) is 8.18. The molecule has 0 spiro atoms. The highest BCUT2D eigenvalue weighted by Crippen LogP contribution is 2.47. The van der Waals surface area contributed by atoms with Crippen LogP contribution in [0.2, 0.25) is 0 Å². The van der Waals surface area contributed by atoms with E-state index in [0.29, 0.717) is 0 Å². The van der Waals surface area contributed by atoms with E-state index in [4.69, 9.17) is 0 Å². The molecule has 1 aromatic rings.